The summed E-state index contributed by atoms with van der Waals surface area (Å²) in [6, 6.07) is 22.9. The lowest BCUT2D eigenvalue weighted by Gasteiger charge is -2.35. The van der Waals surface area contributed by atoms with Crippen molar-refractivity contribution in [2.45, 2.75) is 71.6 Å². The zero-order chi connectivity index (χ0) is 24.1. The first kappa shape index (κ1) is 25.2. The fraction of sp³-hybridized carbons (Fsp3) is 0.367. The topological polar surface area (TPSA) is 26.3 Å². The van der Waals surface area contributed by atoms with Gasteiger partial charge in [-0.05, 0) is 29.6 Å². The van der Waals surface area contributed by atoms with Gasteiger partial charge in [-0.2, -0.15) is 0 Å². The minimum atomic E-state index is -0.133. The first-order chi connectivity index (χ1) is 15.7. The summed E-state index contributed by atoms with van der Waals surface area (Å²) in [5.74, 6) is 1.00. The Hall–Kier alpha value is -2.44. The second kappa shape index (κ2) is 10.7. The SMILES string of the molecule is CCCC(C)(Pc1ccccc1C=O)c1cc(C)cc(C(C)(C)C)c1OCc1ccccc1. The molecular formula is C30H37O2P. The predicted octanol–water partition coefficient (Wildman–Crippen LogP) is 7.70. The molecule has 0 aliphatic carbocycles. The molecule has 0 saturated carbocycles. The molecule has 174 valence electrons. The predicted molar refractivity (Wildman–Crippen MR) is 143 cm³/mol. The second-order valence-electron chi connectivity index (χ2n) is 10.1. The molecule has 0 heterocycles. The van der Waals surface area contributed by atoms with Crippen LogP contribution in [0.4, 0.5) is 0 Å². The first-order valence-electron chi connectivity index (χ1n) is 11.8. The van der Waals surface area contributed by atoms with Gasteiger partial charge in [0.05, 0.1) is 0 Å². The van der Waals surface area contributed by atoms with Crippen LogP contribution in [0.15, 0.2) is 66.7 Å². The van der Waals surface area contributed by atoms with E-state index < -0.39 is 0 Å². The Morgan fingerprint density at radius 3 is 2.18 bits per heavy atom. The van der Waals surface area contributed by atoms with E-state index in [1.807, 2.05) is 24.3 Å². The number of aldehydes is 1. The maximum atomic E-state index is 11.8. The Bertz CT molecular complexity index is 1080. The van der Waals surface area contributed by atoms with Crippen LogP contribution in [0.2, 0.25) is 0 Å². The Morgan fingerprint density at radius 2 is 1.55 bits per heavy atom. The lowest BCUT2D eigenvalue weighted by Crippen LogP contribution is -2.24. The number of ether oxygens (including phenoxy) is 1. The van der Waals surface area contributed by atoms with Gasteiger partial charge in [0.2, 0.25) is 0 Å². The van der Waals surface area contributed by atoms with Crippen LogP contribution in [0.5, 0.6) is 5.75 Å². The molecule has 3 aromatic carbocycles. The van der Waals surface area contributed by atoms with Crippen molar-refractivity contribution in [2.75, 3.05) is 0 Å². The van der Waals surface area contributed by atoms with Crippen molar-refractivity contribution in [3.05, 3.63) is 94.5 Å². The van der Waals surface area contributed by atoms with Gasteiger partial charge in [0.1, 0.15) is 12.4 Å². The smallest absolute Gasteiger partial charge is 0.150 e. The number of rotatable bonds is 9. The molecule has 0 aliphatic rings. The largest absolute Gasteiger partial charge is 0.488 e. The summed E-state index contributed by atoms with van der Waals surface area (Å²) in [5, 5.41) is 0.989. The van der Waals surface area contributed by atoms with E-state index >= 15 is 0 Å². The van der Waals surface area contributed by atoms with Crippen LogP contribution in [0.3, 0.4) is 0 Å². The summed E-state index contributed by atoms with van der Waals surface area (Å²) in [6.07, 6.45) is 3.06. The normalized spacial score (nSPS) is 13.8. The summed E-state index contributed by atoms with van der Waals surface area (Å²) >= 11 is 0. The van der Waals surface area contributed by atoms with Crippen molar-refractivity contribution in [2.24, 2.45) is 0 Å². The quantitative estimate of drug-likeness (QED) is 0.241. The minimum absolute atomic E-state index is 0.0519. The lowest BCUT2D eigenvalue weighted by molar-refractivity contribution is 0.112. The van der Waals surface area contributed by atoms with Gasteiger partial charge < -0.3 is 4.74 Å². The van der Waals surface area contributed by atoms with Crippen LogP contribution in [0, 0.1) is 6.92 Å². The van der Waals surface area contributed by atoms with E-state index in [0.717, 1.165) is 41.3 Å². The van der Waals surface area contributed by atoms with E-state index in [9.17, 15) is 4.79 Å². The molecule has 33 heavy (non-hydrogen) atoms. The van der Waals surface area contributed by atoms with Gasteiger partial charge in [-0.3, -0.25) is 4.79 Å². The van der Waals surface area contributed by atoms with E-state index in [4.69, 9.17) is 4.74 Å². The molecule has 2 nitrogen and oxygen atoms in total. The molecule has 2 unspecified atom stereocenters. The summed E-state index contributed by atoms with van der Waals surface area (Å²) in [5.41, 5.74) is 5.64. The van der Waals surface area contributed by atoms with Gasteiger partial charge in [-0.1, -0.05) is 122 Å². The van der Waals surface area contributed by atoms with E-state index in [0.29, 0.717) is 15.2 Å². The minimum Gasteiger partial charge on any atom is -0.488 e. The van der Waals surface area contributed by atoms with Crippen LogP contribution >= 0.6 is 8.58 Å². The highest BCUT2D eigenvalue weighted by Gasteiger charge is 2.34. The summed E-state index contributed by atoms with van der Waals surface area (Å²) in [7, 11) is 0.471. The summed E-state index contributed by atoms with van der Waals surface area (Å²) < 4.78 is 6.66. The van der Waals surface area contributed by atoms with Crippen molar-refractivity contribution >= 4 is 20.2 Å². The molecule has 0 bridgehead atoms. The number of hydrogen-bond acceptors (Lipinski definition) is 2. The van der Waals surface area contributed by atoms with Crippen molar-refractivity contribution in [1.82, 2.24) is 0 Å². The molecule has 0 aromatic heterocycles. The Kier molecular flexibility index (Phi) is 8.14. The Balaban J connectivity index is 2.15. The highest BCUT2D eigenvalue weighted by Crippen LogP contribution is 2.51. The number of carbonyl (C=O) groups excluding carboxylic acids is 1. The Labute approximate surface area is 201 Å². The average Bonchev–Trinajstić information content (AvgIpc) is 2.78. The number of hydrogen-bond donors (Lipinski definition) is 0. The fourth-order valence-electron chi connectivity index (χ4n) is 4.40. The monoisotopic (exact) mass is 460 g/mol. The lowest BCUT2D eigenvalue weighted by atomic mass is 9.81. The maximum absolute atomic E-state index is 11.8. The number of aryl methyl sites for hydroxylation is 1. The van der Waals surface area contributed by atoms with Gasteiger partial charge in [0, 0.05) is 21.8 Å². The fourth-order valence-corrected chi connectivity index (χ4v) is 6.16. The van der Waals surface area contributed by atoms with Gasteiger partial charge >= 0.3 is 0 Å². The summed E-state index contributed by atoms with van der Waals surface area (Å²) in [6.45, 7) is 14.0. The van der Waals surface area contributed by atoms with Crippen molar-refractivity contribution in [3.8, 4) is 5.75 Å². The third-order valence-electron chi connectivity index (χ3n) is 6.11. The van der Waals surface area contributed by atoms with E-state index in [1.165, 1.54) is 16.7 Å². The molecule has 0 saturated heterocycles. The first-order valence-corrected chi connectivity index (χ1v) is 12.8. The molecule has 3 rings (SSSR count). The third-order valence-corrected chi connectivity index (χ3v) is 7.91. The molecule has 2 atom stereocenters. The van der Waals surface area contributed by atoms with Crippen LogP contribution in [-0.4, -0.2) is 6.29 Å². The molecule has 0 N–H and O–H groups in total. The van der Waals surface area contributed by atoms with Crippen LogP contribution in [0.1, 0.15) is 80.1 Å². The van der Waals surface area contributed by atoms with E-state index in [-0.39, 0.29) is 10.6 Å². The molecule has 3 aromatic rings. The van der Waals surface area contributed by atoms with Crippen LogP contribution in [0.25, 0.3) is 0 Å². The van der Waals surface area contributed by atoms with Gasteiger partial charge in [-0.15, -0.1) is 0 Å². The molecule has 0 aliphatic heterocycles. The molecule has 0 fully saturated rings. The van der Waals surface area contributed by atoms with Crippen LogP contribution in [-0.2, 0) is 17.2 Å². The zero-order valence-corrected chi connectivity index (χ0v) is 21.9. The van der Waals surface area contributed by atoms with Crippen LogP contribution < -0.4 is 10.0 Å². The van der Waals surface area contributed by atoms with Gasteiger partial charge in [0.15, 0.2) is 6.29 Å². The second-order valence-corrected chi connectivity index (χ2v) is 12.0. The molecule has 0 amide bonds. The van der Waals surface area contributed by atoms with Gasteiger partial charge in [-0.25, -0.2) is 0 Å². The molecule has 0 spiro atoms. The Morgan fingerprint density at radius 1 is 0.909 bits per heavy atom. The van der Waals surface area contributed by atoms with Gasteiger partial charge in [0.25, 0.3) is 0 Å². The third kappa shape index (κ3) is 6.12. The number of carbonyl (C=O) groups is 1. The van der Waals surface area contributed by atoms with E-state index in [2.05, 4.69) is 84.0 Å². The van der Waals surface area contributed by atoms with Crippen molar-refractivity contribution < 1.29 is 9.53 Å². The number of benzene rings is 3. The van der Waals surface area contributed by atoms with E-state index in [1.54, 1.807) is 0 Å². The highest BCUT2D eigenvalue weighted by atomic mass is 31.1. The molecular weight excluding hydrogens is 423 g/mol. The summed E-state index contributed by atoms with van der Waals surface area (Å²) in [4.78, 5) is 11.8. The zero-order valence-electron chi connectivity index (χ0n) is 20.9. The average molecular weight is 461 g/mol. The molecule has 0 radical (unpaired) electrons. The maximum Gasteiger partial charge on any atom is 0.150 e. The van der Waals surface area contributed by atoms with Crippen molar-refractivity contribution in [3.63, 3.8) is 0 Å². The standard InChI is InChI=1S/C30H37O2P/c1-7-17-30(6,33-27-16-12-11-15-24(27)20-31)26-19-22(2)18-25(29(3,4)5)28(26)32-21-23-13-9-8-10-14-23/h8-16,18-20,33H,7,17,21H2,1-6H3. The van der Waals surface area contributed by atoms with Crippen molar-refractivity contribution in [1.29, 1.82) is 0 Å². The molecule has 3 heteroatoms. The highest BCUT2D eigenvalue weighted by molar-refractivity contribution is 7.48.